The van der Waals surface area contributed by atoms with E-state index in [0.29, 0.717) is 0 Å². The molecule has 0 aromatic carbocycles. The molecule has 0 aliphatic heterocycles. The van der Waals surface area contributed by atoms with E-state index in [1.807, 2.05) is 0 Å². The van der Waals surface area contributed by atoms with Crippen molar-refractivity contribution < 1.29 is 15.0 Å². The van der Waals surface area contributed by atoms with Crippen LogP contribution in [0, 0.1) is 17.2 Å². The topological polar surface area (TPSA) is 81.3 Å². The molecule has 0 saturated carbocycles. The van der Waals surface area contributed by atoms with Crippen LogP contribution < -0.4 is 0 Å². The van der Waals surface area contributed by atoms with E-state index in [4.69, 9.17) is 15.5 Å². The summed E-state index contributed by atoms with van der Waals surface area (Å²) in [4.78, 5) is 10.0. The van der Waals surface area contributed by atoms with Gasteiger partial charge in [0.25, 0.3) is 0 Å². The summed E-state index contributed by atoms with van der Waals surface area (Å²) in [6, 6.07) is 1.80. The molecule has 0 bridgehead atoms. The summed E-state index contributed by atoms with van der Waals surface area (Å²) in [6.45, 7) is -0.236. The minimum Gasteiger partial charge on any atom is -0.481 e. The van der Waals surface area contributed by atoms with Gasteiger partial charge in [-0.3, -0.25) is 4.79 Å². The Morgan fingerprint density at radius 2 is 2.30 bits per heavy atom. The van der Waals surface area contributed by atoms with Gasteiger partial charge in [-0.05, 0) is 0 Å². The Balaban J connectivity index is 3.62. The second kappa shape index (κ2) is 4.77. The van der Waals surface area contributed by atoms with E-state index in [2.05, 4.69) is 0 Å². The molecular formula is C6H9NO3. The standard InChI is InChI=1S/C6H9NO3/c7-2-1-5(4-8)3-6(9)10/h5,8H,1,3-4H2,(H,9,10). The maximum absolute atomic E-state index is 10.0. The maximum Gasteiger partial charge on any atom is 0.303 e. The zero-order valence-corrected chi connectivity index (χ0v) is 5.45. The number of aliphatic hydroxyl groups excluding tert-OH is 1. The van der Waals surface area contributed by atoms with Gasteiger partial charge in [0.15, 0.2) is 0 Å². The summed E-state index contributed by atoms with van der Waals surface area (Å²) in [5.41, 5.74) is 0. The molecule has 4 nitrogen and oxygen atoms in total. The van der Waals surface area contributed by atoms with Crippen LogP contribution in [-0.2, 0) is 4.79 Å². The summed E-state index contributed by atoms with van der Waals surface area (Å²) < 4.78 is 0. The Morgan fingerprint density at radius 1 is 1.70 bits per heavy atom. The quantitative estimate of drug-likeness (QED) is 0.579. The van der Waals surface area contributed by atoms with Gasteiger partial charge in [0.2, 0.25) is 0 Å². The Morgan fingerprint density at radius 3 is 2.60 bits per heavy atom. The van der Waals surface area contributed by atoms with E-state index in [1.165, 1.54) is 0 Å². The van der Waals surface area contributed by atoms with E-state index >= 15 is 0 Å². The lowest BCUT2D eigenvalue weighted by molar-refractivity contribution is -0.138. The van der Waals surface area contributed by atoms with Crippen molar-refractivity contribution >= 4 is 5.97 Å². The number of rotatable bonds is 4. The highest BCUT2D eigenvalue weighted by molar-refractivity contribution is 5.67. The normalized spacial score (nSPS) is 12.0. The number of carboxylic acids is 1. The van der Waals surface area contributed by atoms with Crippen LogP contribution in [0.2, 0.25) is 0 Å². The molecule has 2 N–H and O–H groups in total. The summed E-state index contributed by atoms with van der Waals surface area (Å²) in [6.07, 6.45) is -0.0349. The SMILES string of the molecule is N#CCC(CO)CC(=O)O. The van der Waals surface area contributed by atoms with Crippen molar-refractivity contribution in [1.29, 1.82) is 5.26 Å². The molecule has 0 radical (unpaired) electrons. The van der Waals surface area contributed by atoms with Crippen LogP contribution in [-0.4, -0.2) is 22.8 Å². The summed E-state index contributed by atoms with van der Waals surface area (Å²) in [5.74, 6) is -1.39. The molecule has 0 saturated heterocycles. The van der Waals surface area contributed by atoms with Crippen molar-refractivity contribution in [1.82, 2.24) is 0 Å². The van der Waals surface area contributed by atoms with Crippen LogP contribution in [0.15, 0.2) is 0 Å². The molecule has 0 rings (SSSR count). The highest BCUT2D eigenvalue weighted by Gasteiger charge is 2.10. The van der Waals surface area contributed by atoms with Gasteiger partial charge in [-0.25, -0.2) is 0 Å². The van der Waals surface area contributed by atoms with Gasteiger partial charge in [-0.2, -0.15) is 5.26 Å². The first-order valence-electron chi connectivity index (χ1n) is 2.90. The van der Waals surface area contributed by atoms with Gasteiger partial charge in [0.05, 0.1) is 12.5 Å². The highest BCUT2D eigenvalue weighted by atomic mass is 16.4. The van der Waals surface area contributed by atoms with Crippen molar-refractivity contribution in [3.8, 4) is 6.07 Å². The molecule has 0 spiro atoms. The Kier molecular flexibility index (Phi) is 4.25. The molecule has 0 aromatic rings. The second-order valence-corrected chi connectivity index (χ2v) is 2.01. The van der Waals surface area contributed by atoms with E-state index < -0.39 is 11.9 Å². The molecule has 0 aliphatic carbocycles. The molecule has 0 heterocycles. The fraction of sp³-hybridized carbons (Fsp3) is 0.667. The van der Waals surface area contributed by atoms with Crippen LogP contribution in [0.1, 0.15) is 12.8 Å². The predicted octanol–water partition coefficient (Wildman–Crippen LogP) is -0.0167. The van der Waals surface area contributed by atoms with E-state index in [0.717, 1.165) is 0 Å². The van der Waals surface area contributed by atoms with E-state index in [9.17, 15) is 4.79 Å². The summed E-state index contributed by atoms with van der Waals surface area (Å²) in [5, 5.41) is 24.8. The van der Waals surface area contributed by atoms with Gasteiger partial charge in [0.1, 0.15) is 0 Å². The molecule has 0 aromatic heterocycles. The second-order valence-electron chi connectivity index (χ2n) is 2.01. The highest BCUT2D eigenvalue weighted by Crippen LogP contribution is 2.05. The van der Waals surface area contributed by atoms with Crippen LogP contribution in [0.3, 0.4) is 0 Å². The van der Waals surface area contributed by atoms with Crippen LogP contribution in [0.4, 0.5) is 0 Å². The number of nitriles is 1. The van der Waals surface area contributed by atoms with Crippen molar-refractivity contribution in [2.45, 2.75) is 12.8 Å². The van der Waals surface area contributed by atoms with Gasteiger partial charge in [-0.15, -0.1) is 0 Å². The lowest BCUT2D eigenvalue weighted by Crippen LogP contribution is -2.10. The first-order valence-corrected chi connectivity index (χ1v) is 2.90. The average Bonchev–Trinajstić information content (AvgIpc) is 1.86. The minimum atomic E-state index is -0.977. The zero-order chi connectivity index (χ0) is 7.98. The molecular weight excluding hydrogens is 134 g/mol. The Bertz CT molecular complexity index is 150. The van der Waals surface area contributed by atoms with Gasteiger partial charge < -0.3 is 10.2 Å². The molecule has 56 valence electrons. The number of nitrogens with zero attached hydrogens (tertiary/aromatic N) is 1. The number of aliphatic carboxylic acids is 1. The van der Waals surface area contributed by atoms with E-state index in [-0.39, 0.29) is 19.4 Å². The fourth-order valence-corrected chi connectivity index (χ4v) is 0.577. The van der Waals surface area contributed by atoms with Gasteiger partial charge in [0, 0.05) is 18.9 Å². The van der Waals surface area contributed by atoms with Crippen molar-refractivity contribution in [3.63, 3.8) is 0 Å². The maximum atomic E-state index is 10.0. The molecule has 4 heteroatoms. The predicted molar refractivity (Wildman–Crippen MR) is 33.1 cm³/mol. The van der Waals surface area contributed by atoms with Crippen LogP contribution in [0.5, 0.6) is 0 Å². The lowest BCUT2D eigenvalue weighted by Gasteiger charge is -2.04. The van der Waals surface area contributed by atoms with Crippen LogP contribution in [0.25, 0.3) is 0 Å². The Labute approximate surface area is 58.7 Å². The van der Waals surface area contributed by atoms with Crippen LogP contribution >= 0.6 is 0 Å². The third-order valence-electron chi connectivity index (χ3n) is 1.10. The van der Waals surface area contributed by atoms with E-state index in [1.54, 1.807) is 6.07 Å². The third kappa shape index (κ3) is 3.87. The molecule has 0 fully saturated rings. The smallest absolute Gasteiger partial charge is 0.303 e. The third-order valence-corrected chi connectivity index (χ3v) is 1.10. The average molecular weight is 143 g/mol. The molecule has 1 unspecified atom stereocenters. The fourth-order valence-electron chi connectivity index (χ4n) is 0.577. The van der Waals surface area contributed by atoms with Crippen molar-refractivity contribution in [2.75, 3.05) is 6.61 Å². The number of aliphatic hydroxyl groups is 1. The molecule has 0 aliphatic rings. The molecule has 0 amide bonds. The molecule has 10 heavy (non-hydrogen) atoms. The summed E-state index contributed by atoms with van der Waals surface area (Å²) in [7, 11) is 0. The monoisotopic (exact) mass is 143 g/mol. The van der Waals surface area contributed by atoms with Crippen molar-refractivity contribution in [3.05, 3.63) is 0 Å². The number of hydrogen-bond donors (Lipinski definition) is 2. The zero-order valence-electron chi connectivity index (χ0n) is 5.45. The van der Waals surface area contributed by atoms with Gasteiger partial charge >= 0.3 is 5.97 Å². The largest absolute Gasteiger partial charge is 0.481 e. The summed E-state index contributed by atoms with van der Waals surface area (Å²) >= 11 is 0. The lowest BCUT2D eigenvalue weighted by atomic mass is 10.0. The Hall–Kier alpha value is -1.08. The molecule has 1 atom stereocenters. The first kappa shape index (κ1) is 8.92. The number of carbonyl (C=O) groups is 1. The minimum absolute atomic E-state index is 0.100. The number of hydrogen-bond acceptors (Lipinski definition) is 3. The first-order chi connectivity index (χ1) is 4.70. The number of carboxylic acid groups (broad SMARTS) is 1. The van der Waals surface area contributed by atoms with Gasteiger partial charge in [-0.1, -0.05) is 0 Å². The van der Waals surface area contributed by atoms with Crippen molar-refractivity contribution in [2.24, 2.45) is 5.92 Å².